The Kier molecular flexibility index (Phi) is 1.94. The molecule has 0 atom stereocenters. The zero-order valence-corrected chi connectivity index (χ0v) is 9.26. The molecule has 0 amide bonds. The van der Waals surface area contributed by atoms with E-state index in [0.29, 0.717) is 5.15 Å². The van der Waals surface area contributed by atoms with Gasteiger partial charge in [0.15, 0.2) is 5.15 Å². The van der Waals surface area contributed by atoms with Crippen molar-refractivity contribution in [3.8, 4) is 11.3 Å². The van der Waals surface area contributed by atoms with Crippen LogP contribution in [0.15, 0.2) is 30.9 Å². The molecule has 0 bridgehead atoms. The molecule has 0 aliphatic heterocycles. The van der Waals surface area contributed by atoms with Gasteiger partial charge in [0, 0.05) is 31.2 Å². The van der Waals surface area contributed by atoms with Crippen LogP contribution in [0.25, 0.3) is 16.8 Å². The van der Waals surface area contributed by atoms with Crippen LogP contribution in [0.4, 0.5) is 0 Å². The van der Waals surface area contributed by atoms with E-state index in [0.717, 1.165) is 16.8 Å². The molecule has 0 fully saturated rings. The maximum Gasteiger partial charge on any atom is 0.154 e. The first-order valence-electron chi connectivity index (χ1n) is 4.73. The van der Waals surface area contributed by atoms with Crippen molar-refractivity contribution >= 4 is 17.1 Å². The predicted molar refractivity (Wildman–Crippen MR) is 60.2 cm³/mol. The minimum absolute atomic E-state index is 0.449. The molecular formula is C10H8ClN5. The fourth-order valence-corrected chi connectivity index (χ4v) is 1.78. The maximum atomic E-state index is 5.97. The van der Waals surface area contributed by atoms with Crippen LogP contribution in [0.2, 0.25) is 5.15 Å². The van der Waals surface area contributed by atoms with E-state index >= 15 is 0 Å². The molecule has 0 N–H and O–H groups in total. The third kappa shape index (κ3) is 1.37. The van der Waals surface area contributed by atoms with Gasteiger partial charge < -0.3 is 0 Å². The van der Waals surface area contributed by atoms with Gasteiger partial charge >= 0.3 is 0 Å². The number of aromatic nitrogens is 5. The minimum Gasteiger partial charge on any atom is -0.275 e. The highest BCUT2D eigenvalue weighted by molar-refractivity contribution is 6.32. The van der Waals surface area contributed by atoms with Crippen LogP contribution >= 0.6 is 11.6 Å². The Morgan fingerprint density at radius 2 is 2.25 bits per heavy atom. The number of aryl methyl sites for hydroxylation is 1. The van der Waals surface area contributed by atoms with Gasteiger partial charge in [0.25, 0.3) is 0 Å². The summed E-state index contributed by atoms with van der Waals surface area (Å²) in [6.07, 6.45) is 7.06. The molecule has 3 rings (SSSR count). The van der Waals surface area contributed by atoms with Crippen molar-refractivity contribution in [1.29, 1.82) is 0 Å². The molecule has 0 saturated heterocycles. The average Bonchev–Trinajstić information content (AvgIpc) is 2.84. The Bertz CT molecular complexity index is 654. The summed E-state index contributed by atoms with van der Waals surface area (Å²) in [4.78, 5) is 4.00. The molecule has 3 heterocycles. The molecule has 3 aromatic rings. The zero-order chi connectivity index (χ0) is 11.1. The molecule has 0 spiro atoms. The number of nitrogens with zero attached hydrogens (tertiary/aromatic N) is 5. The Hall–Kier alpha value is -1.88. The van der Waals surface area contributed by atoms with Crippen molar-refractivity contribution in [2.75, 3.05) is 0 Å². The highest BCUT2D eigenvalue weighted by Crippen LogP contribution is 2.21. The standard InChI is InChI=1S/C10H8ClN5/c1-15-6-7(5-13-15)8-4-9-10(11)12-2-3-16(9)14-8/h2-6H,1H3. The molecule has 0 aromatic carbocycles. The van der Waals surface area contributed by atoms with Gasteiger partial charge in [-0.2, -0.15) is 10.2 Å². The van der Waals surface area contributed by atoms with Gasteiger partial charge in [-0.15, -0.1) is 0 Å². The molecule has 16 heavy (non-hydrogen) atoms. The van der Waals surface area contributed by atoms with E-state index in [-0.39, 0.29) is 0 Å². The Labute approximate surface area is 96.3 Å². The number of hydrogen-bond acceptors (Lipinski definition) is 3. The summed E-state index contributed by atoms with van der Waals surface area (Å²) < 4.78 is 3.44. The summed E-state index contributed by atoms with van der Waals surface area (Å²) in [5, 5.41) is 8.95. The highest BCUT2D eigenvalue weighted by atomic mass is 35.5. The quantitative estimate of drug-likeness (QED) is 0.644. The highest BCUT2D eigenvalue weighted by Gasteiger charge is 2.08. The lowest BCUT2D eigenvalue weighted by Crippen LogP contribution is -1.88. The van der Waals surface area contributed by atoms with E-state index in [4.69, 9.17) is 11.6 Å². The lowest BCUT2D eigenvalue weighted by atomic mass is 10.2. The molecule has 6 heteroatoms. The molecule has 0 radical (unpaired) electrons. The molecule has 0 aliphatic carbocycles. The number of rotatable bonds is 1. The van der Waals surface area contributed by atoms with Crippen molar-refractivity contribution in [2.24, 2.45) is 7.05 Å². The average molecular weight is 234 g/mol. The van der Waals surface area contributed by atoms with Crippen molar-refractivity contribution in [3.05, 3.63) is 36.0 Å². The number of halogens is 1. The first-order chi connectivity index (χ1) is 7.74. The van der Waals surface area contributed by atoms with Gasteiger partial charge in [0.1, 0.15) is 5.52 Å². The van der Waals surface area contributed by atoms with Gasteiger partial charge in [-0.05, 0) is 6.07 Å². The Morgan fingerprint density at radius 1 is 1.38 bits per heavy atom. The van der Waals surface area contributed by atoms with E-state index in [2.05, 4.69) is 15.2 Å². The summed E-state index contributed by atoms with van der Waals surface area (Å²) in [6.45, 7) is 0. The second kappa shape index (κ2) is 3.31. The normalized spacial score (nSPS) is 11.1. The number of fused-ring (bicyclic) bond motifs is 1. The van der Waals surface area contributed by atoms with Gasteiger partial charge in [-0.3, -0.25) is 4.68 Å². The fourth-order valence-electron chi connectivity index (χ4n) is 1.58. The maximum absolute atomic E-state index is 5.97. The third-order valence-corrected chi connectivity index (χ3v) is 2.63. The zero-order valence-electron chi connectivity index (χ0n) is 8.50. The van der Waals surface area contributed by atoms with E-state index in [9.17, 15) is 0 Å². The van der Waals surface area contributed by atoms with Crippen LogP contribution < -0.4 is 0 Å². The first kappa shape index (κ1) is 9.35. The second-order valence-corrected chi connectivity index (χ2v) is 3.84. The van der Waals surface area contributed by atoms with Crippen LogP contribution in [0, 0.1) is 0 Å². The summed E-state index contributed by atoms with van der Waals surface area (Å²) in [5.74, 6) is 0. The van der Waals surface area contributed by atoms with Crippen LogP contribution in [0.5, 0.6) is 0 Å². The lowest BCUT2D eigenvalue weighted by Gasteiger charge is -1.91. The van der Waals surface area contributed by atoms with E-state index in [1.54, 1.807) is 27.8 Å². The molecule has 80 valence electrons. The topological polar surface area (TPSA) is 48.0 Å². The third-order valence-electron chi connectivity index (χ3n) is 2.34. The summed E-state index contributed by atoms with van der Waals surface area (Å²) in [5.41, 5.74) is 2.59. The smallest absolute Gasteiger partial charge is 0.154 e. The largest absolute Gasteiger partial charge is 0.275 e. The molecule has 3 aromatic heterocycles. The van der Waals surface area contributed by atoms with Gasteiger partial charge in [0.05, 0.1) is 11.9 Å². The van der Waals surface area contributed by atoms with Crippen LogP contribution in [0.1, 0.15) is 0 Å². The van der Waals surface area contributed by atoms with Crippen LogP contribution in [-0.4, -0.2) is 24.4 Å². The van der Waals surface area contributed by atoms with Crippen LogP contribution in [-0.2, 0) is 7.05 Å². The predicted octanol–water partition coefficient (Wildman–Crippen LogP) is 1.78. The fraction of sp³-hybridized carbons (Fsp3) is 0.100. The SMILES string of the molecule is Cn1cc(-c2cc3c(Cl)nccn3n2)cn1. The molecule has 0 unspecified atom stereocenters. The summed E-state index contributed by atoms with van der Waals surface area (Å²) in [6, 6.07) is 1.90. The van der Waals surface area contributed by atoms with Gasteiger partial charge in [0.2, 0.25) is 0 Å². The van der Waals surface area contributed by atoms with Crippen molar-refractivity contribution < 1.29 is 0 Å². The monoisotopic (exact) mass is 233 g/mol. The number of hydrogen-bond donors (Lipinski definition) is 0. The molecule has 5 nitrogen and oxygen atoms in total. The second-order valence-electron chi connectivity index (χ2n) is 3.48. The molecular weight excluding hydrogens is 226 g/mol. The van der Waals surface area contributed by atoms with Crippen LogP contribution in [0.3, 0.4) is 0 Å². The van der Waals surface area contributed by atoms with Gasteiger partial charge in [-0.25, -0.2) is 9.50 Å². The van der Waals surface area contributed by atoms with Crippen molar-refractivity contribution in [3.63, 3.8) is 0 Å². The lowest BCUT2D eigenvalue weighted by molar-refractivity contribution is 0.768. The Balaban J connectivity index is 2.22. The van der Waals surface area contributed by atoms with E-state index in [1.165, 1.54) is 0 Å². The summed E-state index contributed by atoms with van der Waals surface area (Å²) >= 11 is 5.97. The van der Waals surface area contributed by atoms with E-state index < -0.39 is 0 Å². The van der Waals surface area contributed by atoms with E-state index in [1.807, 2.05) is 19.3 Å². The van der Waals surface area contributed by atoms with Crippen molar-refractivity contribution in [2.45, 2.75) is 0 Å². The summed E-state index contributed by atoms with van der Waals surface area (Å²) in [7, 11) is 1.87. The molecule has 0 aliphatic rings. The van der Waals surface area contributed by atoms with Crippen molar-refractivity contribution in [1.82, 2.24) is 24.4 Å². The van der Waals surface area contributed by atoms with Gasteiger partial charge in [-0.1, -0.05) is 11.6 Å². The molecule has 0 saturated carbocycles. The minimum atomic E-state index is 0.449. The Morgan fingerprint density at radius 3 is 2.94 bits per heavy atom. The first-order valence-corrected chi connectivity index (χ1v) is 5.11.